The van der Waals surface area contributed by atoms with Gasteiger partial charge in [0.25, 0.3) is 0 Å². The summed E-state index contributed by atoms with van der Waals surface area (Å²) in [5.74, 6) is -3.54. The maximum absolute atomic E-state index is 11.8. The molecule has 2 atom stereocenters. The van der Waals surface area contributed by atoms with E-state index in [1.54, 1.807) is 19.1 Å². The molecule has 2 unspecified atom stereocenters. The highest BCUT2D eigenvalue weighted by molar-refractivity contribution is 5.85. The molecule has 0 aromatic carbocycles. The van der Waals surface area contributed by atoms with Crippen LogP contribution in [0.25, 0.3) is 0 Å². The van der Waals surface area contributed by atoms with Gasteiger partial charge in [-0.15, -0.1) is 0 Å². The predicted octanol–water partition coefficient (Wildman–Crippen LogP) is 1.32. The molecule has 1 aliphatic rings. The molecule has 19 heavy (non-hydrogen) atoms. The standard InChI is InChI=1S/C13H16O6/c1-3-11(14)18-19-13(16)10-8-6-5-7-9(10)12(15)17-4-2/h3,5,7,9-10H,1,4,6,8H2,2H3. The third-order valence-electron chi connectivity index (χ3n) is 2.66. The van der Waals surface area contributed by atoms with Crippen LogP contribution in [0.5, 0.6) is 0 Å². The molecule has 0 bridgehead atoms. The van der Waals surface area contributed by atoms with Gasteiger partial charge < -0.3 is 4.74 Å². The highest BCUT2D eigenvalue weighted by Gasteiger charge is 2.36. The van der Waals surface area contributed by atoms with Gasteiger partial charge in [-0.1, -0.05) is 18.7 Å². The number of rotatable bonds is 4. The number of esters is 1. The van der Waals surface area contributed by atoms with Crippen molar-refractivity contribution in [1.82, 2.24) is 0 Å². The first-order valence-electron chi connectivity index (χ1n) is 5.98. The van der Waals surface area contributed by atoms with Crippen molar-refractivity contribution >= 4 is 17.9 Å². The van der Waals surface area contributed by atoms with Crippen molar-refractivity contribution in [3.8, 4) is 0 Å². The Hall–Kier alpha value is -2.11. The lowest BCUT2D eigenvalue weighted by molar-refractivity contribution is -0.259. The summed E-state index contributed by atoms with van der Waals surface area (Å²) >= 11 is 0. The first-order chi connectivity index (χ1) is 9.10. The van der Waals surface area contributed by atoms with Crippen LogP contribution in [-0.4, -0.2) is 24.5 Å². The van der Waals surface area contributed by atoms with Gasteiger partial charge >= 0.3 is 17.9 Å². The van der Waals surface area contributed by atoms with Crippen molar-refractivity contribution in [3.05, 3.63) is 24.8 Å². The van der Waals surface area contributed by atoms with Crippen molar-refractivity contribution in [2.75, 3.05) is 6.61 Å². The Balaban J connectivity index is 2.65. The first-order valence-corrected chi connectivity index (χ1v) is 5.98. The lowest BCUT2D eigenvalue weighted by Crippen LogP contribution is -2.33. The van der Waals surface area contributed by atoms with Crippen LogP contribution in [0.4, 0.5) is 0 Å². The SMILES string of the molecule is C=CC(=O)OOC(=O)C1CCC=CC1C(=O)OCC. The van der Waals surface area contributed by atoms with Gasteiger partial charge in [0.15, 0.2) is 0 Å². The molecule has 0 aliphatic heterocycles. The van der Waals surface area contributed by atoms with Gasteiger partial charge in [0, 0.05) is 6.08 Å². The second-order valence-corrected chi connectivity index (χ2v) is 3.90. The molecule has 0 aromatic heterocycles. The van der Waals surface area contributed by atoms with Gasteiger partial charge in [-0.05, 0) is 19.8 Å². The van der Waals surface area contributed by atoms with Crippen LogP contribution in [0.3, 0.4) is 0 Å². The molecular weight excluding hydrogens is 252 g/mol. The molecular formula is C13H16O6. The zero-order chi connectivity index (χ0) is 14.3. The molecule has 0 amide bonds. The van der Waals surface area contributed by atoms with Crippen molar-refractivity contribution in [1.29, 1.82) is 0 Å². The average Bonchev–Trinajstić information content (AvgIpc) is 2.44. The first kappa shape index (κ1) is 14.9. The van der Waals surface area contributed by atoms with Crippen molar-refractivity contribution < 1.29 is 28.9 Å². The van der Waals surface area contributed by atoms with E-state index in [-0.39, 0.29) is 6.61 Å². The molecule has 0 saturated heterocycles. The van der Waals surface area contributed by atoms with Gasteiger partial charge in [-0.25, -0.2) is 19.4 Å². The minimum atomic E-state index is -0.868. The van der Waals surface area contributed by atoms with Crippen LogP contribution in [0.2, 0.25) is 0 Å². The Labute approximate surface area is 110 Å². The molecule has 6 nitrogen and oxygen atoms in total. The minimum Gasteiger partial charge on any atom is -0.466 e. The Morgan fingerprint density at radius 1 is 1.32 bits per heavy atom. The molecule has 0 heterocycles. The van der Waals surface area contributed by atoms with E-state index in [4.69, 9.17) is 4.74 Å². The highest BCUT2D eigenvalue weighted by Crippen LogP contribution is 2.27. The molecule has 0 fully saturated rings. The fourth-order valence-corrected chi connectivity index (χ4v) is 1.76. The van der Waals surface area contributed by atoms with Crippen molar-refractivity contribution in [2.45, 2.75) is 19.8 Å². The second kappa shape index (κ2) is 7.35. The molecule has 6 heteroatoms. The van der Waals surface area contributed by atoms with E-state index in [1.807, 2.05) is 0 Å². The quantitative estimate of drug-likeness (QED) is 0.251. The smallest absolute Gasteiger partial charge is 0.378 e. The van der Waals surface area contributed by atoms with Crippen molar-refractivity contribution in [3.63, 3.8) is 0 Å². The number of hydrogen-bond donors (Lipinski definition) is 0. The average molecular weight is 268 g/mol. The molecule has 0 saturated carbocycles. The summed E-state index contributed by atoms with van der Waals surface area (Å²) in [7, 11) is 0. The van der Waals surface area contributed by atoms with E-state index in [2.05, 4.69) is 16.4 Å². The summed E-state index contributed by atoms with van der Waals surface area (Å²) in [6.45, 7) is 5.08. The van der Waals surface area contributed by atoms with Crippen LogP contribution < -0.4 is 0 Å². The van der Waals surface area contributed by atoms with Crippen LogP contribution >= 0.6 is 0 Å². The van der Waals surface area contributed by atoms with Crippen LogP contribution in [0.15, 0.2) is 24.8 Å². The maximum Gasteiger partial charge on any atom is 0.378 e. The zero-order valence-electron chi connectivity index (χ0n) is 10.7. The number of ether oxygens (including phenoxy) is 1. The fourth-order valence-electron chi connectivity index (χ4n) is 1.76. The third-order valence-corrected chi connectivity index (χ3v) is 2.66. The van der Waals surface area contributed by atoms with Gasteiger partial charge in [0.1, 0.15) is 0 Å². The van der Waals surface area contributed by atoms with E-state index in [0.717, 1.165) is 6.08 Å². The summed E-state index contributed by atoms with van der Waals surface area (Å²) in [4.78, 5) is 42.9. The van der Waals surface area contributed by atoms with Crippen molar-refractivity contribution in [2.24, 2.45) is 11.8 Å². The van der Waals surface area contributed by atoms with Gasteiger partial charge in [-0.2, -0.15) is 0 Å². The topological polar surface area (TPSA) is 78.9 Å². The molecule has 0 spiro atoms. The lowest BCUT2D eigenvalue weighted by Gasteiger charge is -2.23. The highest BCUT2D eigenvalue weighted by atomic mass is 17.2. The minimum absolute atomic E-state index is 0.233. The molecule has 0 aromatic rings. The van der Waals surface area contributed by atoms with E-state index in [0.29, 0.717) is 12.8 Å². The van der Waals surface area contributed by atoms with E-state index in [1.165, 1.54) is 0 Å². The van der Waals surface area contributed by atoms with E-state index < -0.39 is 29.7 Å². The van der Waals surface area contributed by atoms with Gasteiger partial charge in [0.05, 0.1) is 18.4 Å². The summed E-state index contributed by atoms with van der Waals surface area (Å²) in [6, 6.07) is 0. The van der Waals surface area contributed by atoms with Gasteiger partial charge in [0.2, 0.25) is 0 Å². The maximum atomic E-state index is 11.8. The Morgan fingerprint density at radius 2 is 2.05 bits per heavy atom. The monoisotopic (exact) mass is 268 g/mol. The molecule has 104 valence electrons. The van der Waals surface area contributed by atoms with Crippen LogP contribution in [0.1, 0.15) is 19.8 Å². The summed E-state index contributed by atoms with van der Waals surface area (Å²) < 4.78 is 4.89. The van der Waals surface area contributed by atoms with Crippen LogP contribution in [0, 0.1) is 11.8 Å². The summed E-state index contributed by atoms with van der Waals surface area (Å²) in [6.07, 6.45) is 5.37. The largest absolute Gasteiger partial charge is 0.466 e. The third kappa shape index (κ3) is 4.24. The summed E-state index contributed by atoms with van der Waals surface area (Å²) in [5.41, 5.74) is 0. The molecule has 0 radical (unpaired) electrons. The lowest BCUT2D eigenvalue weighted by atomic mass is 9.84. The second-order valence-electron chi connectivity index (χ2n) is 3.90. The van der Waals surface area contributed by atoms with E-state index in [9.17, 15) is 14.4 Å². The predicted molar refractivity (Wildman–Crippen MR) is 64.4 cm³/mol. The molecule has 1 aliphatic carbocycles. The molecule has 1 rings (SSSR count). The number of allylic oxidation sites excluding steroid dienone is 1. The Morgan fingerprint density at radius 3 is 2.68 bits per heavy atom. The number of hydrogen-bond acceptors (Lipinski definition) is 6. The van der Waals surface area contributed by atoms with Gasteiger partial charge in [-0.3, -0.25) is 4.79 Å². The Bertz CT molecular complexity index is 398. The number of carbonyl (C=O) groups excluding carboxylic acids is 3. The zero-order valence-corrected chi connectivity index (χ0v) is 10.7. The Kier molecular flexibility index (Phi) is 5.78. The normalized spacial score (nSPS) is 21.3. The van der Waals surface area contributed by atoms with E-state index >= 15 is 0 Å². The number of carbonyl (C=O) groups is 3. The van der Waals surface area contributed by atoms with Crippen LogP contribution in [-0.2, 0) is 28.9 Å². The molecule has 0 N–H and O–H groups in total. The summed E-state index contributed by atoms with van der Waals surface area (Å²) in [5, 5.41) is 0. The fraction of sp³-hybridized carbons (Fsp3) is 0.462.